The Morgan fingerprint density at radius 2 is 1.68 bits per heavy atom. The molecule has 0 aliphatic heterocycles. The van der Waals surface area contributed by atoms with E-state index in [0.29, 0.717) is 17.4 Å². The number of aryl methyl sites for hydroxylation is 1. The molecule has 2 nitrogen and oxygen atoms in total. The molecule has 0 heterocycles. The van der Waals surface area contributed by atoms with Crippen LogP contribution in [0, 0.1) is 0 Å². The fraction of sp³-hybridized carbons (Fsp3) is 0.294. The Hall–Kier alpha value is -1.96. The molecule has 2 aromatic rings. The van der Waals surface area contributed by atoms with Gasteiger partial charge in [0.05, 0.1) is 0 Å². The average molecular weight is 254 g/mol. The van der Waals surface area contributed by atoms with E-state index in [-0.39, 0.29) is 0 Å². The SMILES string of the molecule is Oc1ccc(C[C@H]2CCCc3cc(O)ccc32)cc1. The van der Waals surface area contributed by atoms with Gasteiger partial charge in [-0.2, -0.15) is 0 Å². The number of hydrogen-bond donors (Lipinski definition) is 2. The van der Waals surface area contributed by atoms with Crippen LogP contribution in [0.15, 0.2) is 42.5 Å². The van der Waals surface area contributed by atoms with Crippen LogP contribution in [0.5, 0.6) is 11.5 Å². The summed E-state index contributed by atoms with van der Waals surface area (Å²) < 4.78 is 0. The third-order valence-electron chi connectivity index (χ3n) is 3.98. The van der Waals surface area contributed by atoms with Crippen molar-refractivity contribution in [2.75, 3.05) is 0 Å². The summed E-state index contributed by atoms with van der Waals surface area (Å²) in [7, 11) is 0. The summed E-state index contributed by atoms with van der Waals surface area (Å²) in [6.45, 7) is 0. The van der Waals surface area contributed by atoms with E-state index in [9.17, 15) is 10.2 Å². The Balaban J connectivity index is 1.85. The van der Waals surface area contributed by atoms with Gasteiger partial charge >= 0.3 is 0 Å². The molecule has 2 heteroatoms. The van der Waals surface area contributed by atoms with Gasteiger partial charge in [0.15, 0.2) is 0 Å². The highest BCUT2D eigenvalue weighted by atomic mass is 16.3. The van der Waals surface area contributed by atoms with Crippen molar-refractivity contribution < 1.29 is 10.2 Å². The number of fused-ring (bicyclic) bond motifs is 1. The number of benzene rings is 2. The first-order valence-electron chi connectivity index (χ1n) is 6.82. The largest absolute Gasteiger partial charge is 0.508 e. The Morgan fingerprint density at radius 1 is 0.947 bits per heavy atom. The fourth-order valence-electron chi connectivity index (χ4n) is 3.03. The average Bonchev–Trinajstić information content (AvgIpc) is 2.41. The first-order chi connectivity index (χ1) is 9.22. The van der Waals surface area contributed by atoms with Crippen molar-refractivity contribution in [3.63, 3.8) is 0 Å². The molecule has 1 aliphatic rings. The Kier molecular flexibility index (Phi) is 3.16. The standard InChI is InChI=1S/C17H18O2/c18-15-6-4-12(5-7-15)10-13-2-1-3-14-11-16(19)8-9-17(13)14/h4-9,11,13,18-19H,1-3,10H2/t13-/m1/s1. The molecule has 0 bridgehead atoms. The predicted molar refractivity (Wildman–Crippen MR) is 75.6 cm³/mol. The molecule has 1 atom stereocenters. The van der Waals surface area contributed by atoms with Gasteiger partial charge in [-0.3, -0.25) is 0 Å². The van der Waals surface area contributed by atoms with Gasteiger partial charge < -0.3 is 10.2 Å². The molecule has 19 heavy (non-hydrogen) atoms. The lowest BCUT2D eigenvalue weighted by Crippen LogP contribution is -2.12. The van der Waals surface area contributed by atoms with Crippen molar-refractivity contribution in [3.05, 3.63) is 59.2 Å². The van der Waals surface area contributed by atoms with Crippen LogP contribution >= 0.6 is 0 Å². The molecular weight excluding hydrogens is 236 g/mol. The molecule has 0 fully saturated rings. The zero-order valence-electron chi connectivity index (χ0n) is 10.8. The second-order valence-electron chi connectivity index (χ2n) is 5.34. The van der Waals surface area contributed by atoms with Crippen LogP contribution in [0.4, 0.5) is 0 Å². The first-order valence-corrected chi connectivity index (χ1v) is 6.82. The molecule has 0 radical (unpaired) electrons. The zero-order valence-corrected chi connectivity index (χ0v) is 10.8. The number of phenols is 2. The molecule has 0 spiro atoms. The van der Waals surface area contributed by atoms with E-state index in [1.165, 1.54) is 29.5 Å². The monoisotopic (exact) mass is 254 g/mol. The van der Waals surface area contributed by atoms with E-state index in [4.69, 9.17) is 0 Å². The predicted octanol–water partition coefficient (Wildman–Crippen LogP) is 3.76. The fourth-order valence-corrected chi connectivity index (χ4v) is 3.03. The summed E-state index contributed by atoms with van der Waals surface area (Å²) >= 11 is 0. The third kappa shape index (κ3) is 2.58. The normalized spacial score (nSPS) is 18.0. The first kappa shape index (κ1) is 12.1. The van der Waals surface area contributed by atoms with Crippen molar-refractivity contribution in [1.29, 1.82) is 0 Å². The molecule has 1 aliphatic carbocycles. The van der Waals surface area contributed by atoms with Gasteiger partial charge in [0.25, 0.3) is 0 Å². The lowest BCUT2D eigenvalue weighted by atomic mass is 9.79. The van der Waals surface area contributed by atoms with Crippen LogP contribution in [0.1, 0.15) is 35.4 Å². The van der Waals surface area contributed by atoms with Gasteiger partial charge in [0.2, 0.25) is 0 Å². The highest BCUT2D eigenvalue weighted by Crippen LogP contribution is 2.35. The number of aromatic hydroxyl groups is 2. The van der Waals surface area contributed by atoms with Crippen LogP contribution in [0.3, 0.4) is 0 Å². The minimum atomic E-state index is 0.317. The molecule has 0 unspecified atom stereocenters. The summed E-state index contributed by atoms with van der Waals surface area (Å²) in [5.41, 5.74) is 3.91. The van der Waals surface area contributed by atoms with E-state index >= 15 is 0 Å². The molecular formula is C17H18O2. The van der Waals surface area contributed by atoms with Crippen molar-refractivity contribution in [2.45, 2.75) is 31.6 Å². The van der Waals surface area contributed by atoms with Gasteiger partial charge in [0.1, 0.15) is 11.5 Å². The van der Waals surface area contributed by atoms with Gasteiger partial charge in [-0.25, -0.2) is 0 Å². The van der Waals surface area contributed by atoms with Gasteiger partial charge in [-0.15, -0.1) is 0 Å². The Morgan fingerprint density at radius 3 is 2.47 bits per heavy atom. The maximum atomic E-state index is 9.57. The van der Waals surface area contributed by atoms with Crippen LogP contribution < -0.4 is 0 Å². The maximum absolute atomic E-state index is 9.57. The van der Waals surface area contributed by atoms with Crippen molar-refractivity contribution in [2.24, 2.45) is 0 Å². The van der Waals surface area contributed by atoms with E-state index < -0.39 is 0 Å². The molecule has 0 saturated carbocycles. The molecule has 0 amide bonds. The maximum Gasteiger partial charge on any atom is 0.115 e. The lowest BCUT2D eigenvalue weighted by Gasteiger charge is -2.25. The van der Waals surface area contributed by atoms with Crippen LogP contribution in [0.25, 0.3) is 0 Å². The van der Waals surface area contributed by atoms with Crippen molar-refractivity contribution in [1.82, 2.24) is 0 Å². The van der Waals surface area contributed by atoms with Gasteiger partial charge in [-0.05, 0) is 72.6 Å². The number of phenolic OH excluding ortho intramolecular Hbond substituents is 2. The van der Waals surface area contributed by atoms with Crippen molar-refractivity contribution >= 4 is 0 Å². The zero-order chi connectivity index (χ0) is 13.2. The van der Waals surface area contributed by atoms with Crippen LogP contribution in [-0.4, -0.2) is 10.2 Å². The summed E-state index contributed by atoms with van der Waals surface area (Å²) in [5.74, 6) is 1.20. The van der Waals surface area contributed by atoms with Crippen LogP contribution in [-0.2, 0) is 12.8 Å². The quantitative estimate of drug-likeness (QED) is 0.856. The minimum Gasteiger partial charge on any atom is -0.508 e. The molecule has 0 aromatic heterocycles. The molecule has 2 N–H and O–H groups in total. The van der Waals surface area contributed by atoms with Crippen LogP contribution in [0.2, 0.25) is 0 Å². The van der Waals surface area contributed by atoms with Gasteiger partial charge in [0, 0.05) is 0 Å². The highest BCUT2D eigenvalue weighted by molar-refractivity contribution is 5.39. The summed E-state index contributed by atoms with van der Waals surface area (Å²) in [5, 5.41) is 18.9. The van der Waals surface area contributed by atoms with E-state index in [2.05, 4.69) is 6.07 Å². The molecule has 98 valence electrons. The van der Waals surface area contributed by atoms with Gasteiger partial charge in [-0.1, -0.05) is 18.2 Å². The summed E-state index contributed by atoms with van der Waals surface area (Å²) in [6.07, 6.45) is 4.44. The summed E-state index contributed by atoms with van der Waals surface area (Å²) in [6, 6.07) is 13.2. The van der Waals surface area contributed by atoms with Crippen molar-refractivity contribution in [3.8, 4) is 11.5 Å². The van der Waals surface area contributed by atoms with E-state index in [1.807, 2.05) is 18.2 Å². The topological polar surface area (TPSA) is 40.5 Å². The van der Waals surface area contributed by atoms with E-state index in [1.54, 1.807) is 18.2 Å². The lowest BCUT2D eigenvalue weighted by molar-refractivity contribution is 0.470. The Bertz CT molecular complexity index is 572. The smallest absolute Gasteiger partial charge is 0.115 e. The third-order valence-corrected chi connectivity index (χ3v) is 3.98. The minimum absolute atomic E-state index is 0.317. The molecule has 3 rings (SSSR count). The second kappa shape index (κ2) is 4.96. The second-order valence-corrected chi connectivity index (χ2v) is 5.34. The highest BCUT2D eigenvalue weighted by Gasteiger charge is 2.20. The number of hydrogen-bond acceptors (Lipinski definition) is 2. The summed E-state index contributed by atoms with van der Waals surface area (Å²) in [4.78, 5) is 0. The molecule has 2 aromatic carbocycles. The number of rotatable bonds is 2. The molecule has 0 saturated heterocycles. The van der Waals surface area contributed by atoms with E-state index in [0.717, 1.165) is 12.8 Å². The Labute approximate surface area is 113 Å².